The molecule has 0 spiro atoms. The minimum absolute atomic E-state index is 0.305. The molecule has 0 aliphatic heterocycles. The highest BCUT2D eigenvalue weighted by Crippen LogP contribution is 2.57. The summed E-state index contributed by atoms with van der Waals surface area (Å²) in [5, 5.41) is 0. The van der Waals surface area contributed by atoms with Crippen LogP contribution in [0.25, 0.3) is 0 Å². The van der Waals surface area contributed by atoms with Crippen molar-refractivity contribution < 1.29 is 35.1 Å². The Morgan fingerprint density at radius 3 is 1.67 bits per heavy atom. The molecule has 0 aromatic carbocycles. The highest BCUT2D eigenvalue weighted by Gasteiger charge is 2.69. The molecule has 0 N–H and O–H groups in total. The lowest BCUT2D eigenvalue weighted by Crippen LogP contribution is -2.52. The van der Waals surface area contributed by atoms with Crippen LogP contribution in [-0.4, -0.2) is 23.7 Å². The van der Waals surface area contributed by atoms with Gasteiger partial charge in [0.1, 0.15) is 0 Å². The zero-order valence-electron chi connectivity index (χ0n) is 14.4. The second kappa shape index (κ2) is 6.21. The van der Waals surface area contributed by atoms with Crippen molar-refractivity contribution in [2.75, 3.05) is 0 Å². The molecular formula is C19H18F8. The van der Waals surface area contributed by atoms with Crippen LogP contribution in [0.15, 0.2) is 46.6 Å². The Hall–Kier alpha value is -1.60. The summed E-state index contributed by atoms with van der Waals surface area (Å²) in [5.74, 6) is -20.3. The monoisotopic (exact) mass is 398 g/mol. The van der Waals surface area contributed by atoms with E-state index in [1.807, 2.05) is 0 Å². The molecule has 150 valence electrons. The molecule has 0 atom stereocenters. The Labute approximate surface area is 151 Å². The molecule has 8 heteroatoms. The number of alkyl halides is 8. The molecule has 0 amide bonds. The summed E-state index contributed by atoms with van der Waals surface area (Å²) in [5.41, 5.74) is -5.38. The number of halogens is 8. The van der Waals surface area contributed by atoms with Crippen molar-refractivity contribution in [2.24, 2.45) is 5.92 Å². The molecule has 1 saturated carbocycles. The first-order valence-corrected chi connectivity index (χ1v) is 8.69. The lowest BCUT2D eigenvalue weighted by Gasteiger charge is -2.40. The first-order valence-electron chi connectivity index (χ1n) is 8.69. The van der Waals surface area contributed by atoms with Crippen molar-refractivity contribution in [3.63, 3.8) is 0 Å². The van der Waals surface area contributed by atoms with Gasteiger partial charge in [0.15, 0.2) is 0 Å². The van der Waals surface area contributed by atoms with Crippen LogP contribution in [0.3, 0.4) is 0 Å². The van der Waals surface area contributed by atoms with E-state index in [1.54, 1.807) is 0 Å². The van der Waals surface area contributed by atoms with Crippen LogP contribution in [0.2, 0.25) is 0 Å². The summed E-state index contributed by atoms with van der Waals surface area (Å²) < 4.78 is 115. The Morgan fingerprint density at radius 1 is 0.630 bits per heavy atom. The van der Waals surface area contributed by atoms with Gasteiger partial charge in [0, 0.05) is 22.3 Å². The standard InChI is InChI=1S/C19H18F8/c1-11-7-8-14(18(24,25)16(11,20)21)15-10-9-13(12-5-3-2-4-6-12)17(22,23)19(15,26)27/h7-10,12H,2-6H2,1H3. The first kappa shape index (κ1) is 20.1. The van der Waals surface area contributed by atoms with Crippen molar-refractivity contribution in [3.8, 4) is 0 Å². The highest BCUT2D eigenvalue weighted by atomic mass is 19.3. The second-order valence-electron chi connectivity index (χ2n) is 7.26. The van der Waals surface area contributed by atoms with Crippen LogP contribution in [0.4, 0.5) is 35.1 Å². The molecule has 0 heterocycles. The molecule has 0 bridgehead atoms. The van der Waals surface area contributed by atoms with Crippen molar-refractivity contribution in [1.82, 2.24) is 0 Å². The average molecular weight is 398 g/mol. The third-order valence-corrected chi connectivity index (χ3v) is 5.59. The van der Waals surface area contributed by atoms with Crippen molar-refractivity contribution in [2.45, 2.75) is 62.7 Å². The maximum Gasteiger partial charge on any atom is 0.339 e. The first-order chi connectivity index (χ1) is 12.3. The highest BCUT2D eigenvalue weighted by molar-refractivity contribution is 5.55. The van der Waals surface area contributed by atoms with Gasteiger partial charge in [-0.2, -0.15) is 35.1 Å². The Kier molecular flexibility index (Phi) is 4.63. The summed E-state index contributed by atoms with van der Waals surface area (Å²) >= 11 is 0. The predicted octanol–water partition coefficient (Wildman–Crippen LogP) is 6.86. The fraction of sp³-hybridized carbons (Fsp3) is 0.579. The van der Waals surface area contributed by atoms with E-state index in [-0.39, 0.29) is 0 Å². The zero-order valence-corrected chi connectivity index (χ0v) is 14.4. The van der Waals surface area contributed by atoms with Gasteiger partial charge in [-0.3, -0.25) is 0 Å². The quantitative estimate of drug-likeness (QED) is 0.446. The zero-order chi connectivity index (χ0) is 20.3. The molecule has 0 nitrogen and oxygen atoms in total. The fourth-order valence-electron chi connectivity index (χ4n) is 3.89. The van der Waals surface area contributed by atoms with Gasteiger partial charge >= 0.3 is 23.7 Å². The normalized spacial score (nSPS) is 29.4. The van der Waals surface area contributed by atoms with Gasteiger partial charge in [0.2, 0.25) is 0 Å². The van der Waals surface area contributed by atoms with E-state index in [4.69, 9.17) is 0 Å². The lowest BCUT2D eigenvalue weighted by molar-refractivity contribution is -0.182. The summed E-state index contributed by atoms with van der Waals surface area (Å²) in [6.07, 6.45) is 4.74. The maximum absolute atomic E-state index is 14.6. The van der Waals surface area contributed by atoms with Gasteiger partial charge in [0.05, 0.1) is 0 Å². The van der Waals surface area contributed by atoms with Crippen LogP contribution < -0.4 is 0 Å². The molecule has 1 fully saturated rings. The summed E-state index contributed by atoms with van der Waals surface area (Å²) in [7, 11) is 0. The molecule has 0 saturated heterocycles. The molecule has 3 aliphatic rings. The van der Waals surface area contributed by atoms with Crippen LogP contribution >= 0.6 is 0 Å². The van der Waals surface area contributed by atoms with E-state index in [0.717, 1.165) is 13.3 Å². The molecule has 0 unspecified atom stereocenters. The van der Waals surface area contributed by atoms with Crippen LogP contribution in [0.1, 0.15) is 39.0 Å². The Balaban J connectivity index is 2.11. The number of hydrogen-bond acceptors (Lipinski definition) is 0. The molecule has 0 aromatic rings. The Morgan fingerprint density at radius 2 is 1.11 bits per heavy atom. The maximum atomic E-state index is 14.6. The average Bonchev–Trinajstić information content (AvgIpc) is 2.58. The fourth-order valence-corrected chi connectivity index (χ4v) is 3.89. The number of allylic oxidation sites excluding steroid dienone is 8. The molecular weight excluding hydrogens is 380 g/mol. The minimum Gasteiger partial charge on any atom is -0.194 e. The number of hydrogen-bond donors (Lipinski definition) is 0. The van der Waals surface area contributed by atoms with Gasteiger partial charge in [-0.05, 0) is 25.7 Å². The van der Waals surface area contributed by atoms with E-state index in [1.165, 1.54) is 0 Å². The van der Waals surface area contributed by atoms with Crippen LogP contribution in [0.5, 0.6) is 0 Å². The second-order valence-corrected chi connectivity index (χ2v) is 7.26. The summed E-state index contributed by atoms with van der Waals surface area (Å²) in [6, 6.07) is 0. The summed E-state index contributed by atoms with van der Waals surface area (Å²) in [6.45, 7) is 0.726. The van der Waals surface area contributed by atoms with E-state index in [9.17, 15) is 35.1 Å². The van der Waals surface area contributed by atoms with Gasteiger partial charge in [-0.1, -0.05) is 43.6 Å². The molecule has 0 radical (unpaired) electrons. The summed E-state index contributed by atoms with van der Waals surface area (Å²) in [4.78, 5) is 0. The van der Waals surface area contributed by atoms with Crippen LogP contribution in [-0.2, 0) is 0 Å². The third-order valence-electron chi connectivity index (χ3n) is 5.59. The number of rotatable bonds is 2. The van der Waals surface area contributed by atoms with Gasteiger partial charge in [-0.15, -0.1) is 0 Å². The SMILES string of the molecule is CC1=CC=C(C2=CC=C(C3CCCCC3)C(F)(F)C2(F)F)C(F)(F)C1(F)F. The van der Waals surface area contributed by atoms with E-state index >= 15 is 0 Å². The van der Waals surface area contributed by atoms with Gasteiger partial charge in [-0.25, -0.2) is 0 Å². The molecule has 3 aliphatic carbocycles. The topological polar surface area (TPSA) is 0 Å². The van der Waals surface area contributed by atoms with E-state index in [2.05, 4.69) is 0 Å². The van der Waals surface area contributed by atoms with Gasteiger partial charge < -0.3 is 0 Å². The molecule has 27 heavy (non-hydrogen) atoms. The lowest BCUT2D eigenvalue weighted by atomic mass is 9.74. The predicted molar refractivity (Wildman–Crippen MR) is 84.4 cm³/mol. The largest absolute Gasteiger partial charge is 0.339 e. The van der Waals surface area contributed by atoms with E-state index in [0.29, 0.717) is 50.0 Å². The van der Waals surface area contributed by atoms with Crippen molar-refractivity contribution in [3.05, 3.63) is 46.6 Å². The molecule has 0 aromatic heterocycles. The van der Waals surface area contributed by atoms with Gasteiger partial charge in [0.25, 0.3) is 0 Å². The smallest absolute Gasteiger partial charge is 0.194 e. The Bertz CT molecular complexity index is 746. The third kappa shape index (κ3) is 2.78. The van der Waals surface area contributed by atoms with Crippen LogP contribution in [0, 0.1) is 5.92 Å². The van der Waals surface area contributed by atoms with Crippen molar-refractivity contribution in [1.29, 1.82) is 0 Å². The van der Waals surface area contributed by atoms with Crippen molar-refractivity contribution >= 4 is 0 Å². The minimum atomic E-state index is -5.02. The van der Waals surface area contributed by atoms with E-state index < -0.39 is 51.9 Å². The molecule has 3 rings (SSSR count).